The summed E-state index contributed by atoms with van der Waals surface area (Å²) in [7, 11) is 0. The van der Waals surface area contributed by atoms with Crippen LogP contribution in [0.2, 0.25) is 0 Å². The van der Waals surface area contributed by atoms with E-state index in [2.05, 4.69) is 78.5 Å². The van der Waals surface area contributed by atoms with Crippen LogP contribution < -0.4 is 5.32 Å². The van der Waals surface area contributed by atoms with Crippen molar-refractivity contribution in [2.24, 2.45) is 0 Å². The van der Waals surface area contributed by atoms with Gasteiger partial charge in [-0.25, -0.2) is 0 Å². The van der Waals surface area contributed by atoms with Crippen molar-refractivity contribution in [3.8, 4) is 0 Å². The van der Waals surface area contributed by atoms with Gasteiger partial charge in [0.1, 0.15) is 0 Å². The molecule has 2 nitrogen and oxygen atoms in total. The molecule has 0 saturated carbocycles. The summed E-state index contributed by atoms with van der Waals surface area (Å²) >= 11 is 0. The number of nitrogens with zero attached hydrogens (tertiary/aromatic N) is 1. The van der Waals surface area contributed by atoms with Gasteiger partial charge in [-0.15, -0.1) is 0 Å². The fraction of sp³-hybridized carbons (Fsp3) is 0.263. The van der Waals surface area contributed by atoms with Crippen molar-refractivity contribution in [3.05, 3.63) is 71.4 Å². The van der Waals surface area contributed by atoms with Gasteiger partial charge in [0.05, 0.1) is 5.52 Å². The predicted molar refractivity (Wildman–Crippen MR) is 89.6 cm³/mol. The standard InChI is InChI=1S/C19H22N2/c1-3-20-13-18-6-4-5-17-11-12-21(19(17)18)14-16-9-7-15(2)8-10-16/h4-12,20H,3,13-14H2,1-2H3. The molecule has 3 aromatic rings. The van der Waals surface area contributed by atoms with Crippen LogP contribution in [0.3, 0.4) is 0 Å². The number of rotatable bonds is 5. The van der Waals surface area contributed by atoms with Crippen molar-refractivity contribution >= 4 is 10.9 Å². The molecule has 0 aliphatic rings. The average molecular weight is 278 g/mol. The fourth-order valence-electron chi connectivity index (χ4n) is 2.77. The Hall–Kier alpha value is -2.06. The Balaban J connectivity index is 1.96. The predicted octanol–water partition coefficient (Wildman–Crippen LogP) is 4.11. The number of nitrogens with one attached hydrogen (secondary N) is 1. The second kappa shape index (κ2) is 6.15. The molecule has 0 fully saturated rings. The number of benzene rings is 2. The Bertz CT molecular complexity index is 723. The van der Waals surface area contributed by atoms with Gasteiger partial charge in [0.2, 0.25) is 0 Å². The third-order valence-electron chi connectivity index (χ3n) is 3.91. The maximum atomic E-state index is 3.43. The summed E-state index contributed by atoms with van der Waals surface area (Å²) in [6, 6.07) is 17.6. The highest BCUT2D eigenvalue weighted by atomic mass is 15.0. The largest absolute Gasteiger partial charge is 0.343 e. The lowest BCUT2D eigenvalue weighted by Gasteiger charge is -2.11. The quantitative estimate of drug-likeness (QED) is 0.743. The summed E-state index contributed by atoms with van der Waals surface area (Å²) in [6.07, 6.45) is 2.19. The molecule has 2 heteroatoms. The zero-order valence-corrected chi connectivity index (χ0v) is 12.8. The summed E-state index contributed by atoms with van der Waals surface area (Å²) in [6.45, 7) is 7.11. The van der Waals surface area contributed by atoms with Crippen LogP contribution in [-0.2, 0) is 13.1 Å². The van der Waals surface area contributed by atoms with Crippen LogP contribution in [0.4, 0.5) is 0 Å². The topological polar surface area (TPSA) is 17.0 Å². The van der Waals surface area contributed by atoms with Crippen LogP contribution in [0.5, 0.6) is 0 Å². The molecule has 0 atom stereocenters. The van der Waals surface area contributed by atoms with Crippen LogP contribution >= 0.6 is 0 Å². The third kappa shape index (κ3) is 3.01. The molecule has 108 valence electrons. The molecule has 0 spiro atoms. The van der Waals surface area contributed by atoms with Crippen LogP contribution in [0.25, 0.3) is 10.9 Å². The van der Waals surface area contributed by atoms with E-state index in [0.29, 0.717) is 0 Å². The Morgan fingerprint density at radius 1 is 1.00 bits per heavy atom. The molecular formula is C19H22N2. The first kappa shape index (κ1) is 13.9. The van der Waals surface area contributed by atoms with Crippen LogP contribution in [0.15, 0.2) is 54.7 Å². The van der Waals surface area contributed by atoms with Gasteiger partial charge < -0.3 is 9.88 Å². The lowest BCUT2D eigenvalue weighted by molar-refractivity contribution is 0.724. The first-order valence-corrected chi connectivity index (χ1v) is 7.61. The number of aromatic nitrogens is 1. The number of hydrogen-bond donors (Lipinski definition) is 1. The lowest BCUT2D eigenvalue weighted by atomic mass is 10.1. The van der Waals surface area contributed by atoms with Gasteiger partial charge in [0.25, 0.3) is 0 Å². The smallest absolute Gasteiger partial charge is 0.0529 e. The number of aryl methyl sites for hydroxylation is 1. The Labute approximate surface area is 126 Å². The van der Waals surface area contributed by atoms with Crippen molar-refractivity contribution in [2.75, 3.05) is 6.54 Å². The van der Waals surface area contributed by atoms with Crippen LogP contribution in [-0.4, -0.2) is 11.1 Å². The van der Waals surface area contributed by atoms with E-state index >= 15 is 0 Å². The van der Waals surface area contributed by atoms with Crippen LogP contribution in [0, 0.1) is 6.92 Å². The van der Waals surface area contributed by atoms with Gasteiger partial charge >= 0.3 is 0 Å². The minimum absolute atomic E-state index is 0.922. The Morgan fingerprint density at radius 3 is 2.57 bits per heavy atom. The van der Waals surface area contributed by atoms with Gasteiger partial charge in [0, 0.05) is 19.3 Å². The summed E-state index contributed by atoms with van der Waals surface area (Å²) in [5.74, 6) is 0. The fourth-order valence-corrected chi connectivity index (χ4v) is 2.77. The van der Waals surface area contributed by atoms with Crippen molar-refractivity contribution < 1.29 is 0 Å². The van der Waals surface area contributed by atoms with Gasteiger partial charge in [0.15, 0.2) is 0 Å². The Morgan fingerprint density at radius 2 is 1.81 bits per heavy atom. The van der Waals surface area contributed by atoms with Crippen molar-refractivity contribution in [3.63, 3.8) is 0 Å². The summed E-state index contributed by atoms with van der Waals surface area (Å²) in [5, 5.41) is 4.75. The average Bonchev–Trinajstić information content (AvgIpc) is 2.91. The second-order valence-electron chi connectivity index (χ2n) is 5.56. The van der Waals surface area contributed by atoms with E-state index in [1.54, 1.807) is 0 Å². The number of para-hydroxylation sites is 1. The van der Waals surface area contributed by atoms with Gasteiger partial charge in [-0.3, -0.25) is 0 Å². The molecule has 1 aromatic heterocycles. The summed E-state index contributed by atoms with van der Waals surface area (Å²) in [4.78, 5) is 0. The number of fused-ring (bicyclic) bond motifs is 1. The molecule has 0 radical (unpaired) electrons. The van der Waals surface area contributed by atoms with E-state index in [9.17, 15) is 0 Å². The molecule has 0 unspecified atom stereocenters. The molecule has 0 aliphatic heterocycles. The normalized spacial score (nSPS) is 11.1. The van der Waals surface area contributed by atoms with E-state index in [1.165, 1.54) is 27.6 Å². The molecule has 0 saturated heterocycles. The maximum absolute atomic E-state index is 3.43. The minimum Gasteiger partial charge on any atom is -0.343 e. The molecule has 1 N–H and O–H groups in total. The maximum Gasteiger partial charge on any atom is 0.0529 e. The van der Waals surface area contributed by atoms with E-state index in [1.807, 2.05) is 0 Å². The van der Waals surface area contributed by atoms with E-state index in [0.717, 1.165) is 19.6 Å². The molecule has 3 rings (SSSR count). The van der Waals surface area contributed by atoms with Gasteiger partial charge in [-0.2, -0.15) is 0 Å². The van der Waals surface area contributed by atoms with E-state index in [4.69, 9.17) is 0 Å². The first-order valence-electron chi connectivity index (χ1n) is 7.61. The van der Waals surface area contributed by atoms with Crippen molar-refractivity contribution in [1.29, 1.82) is 0 Å². The zero-order chi connectivity index (χ0) is 14.7. The van der Waals surface area contributed by atoms with Crippen LogP contribution in [0.1, 0.15) is 23.6 Å². The number of hydrogen-bond acceptors (Lipinski definition) is 1. The zero-order valence-electron chi connectivity index (χ0n) is 12.8. The molecule has 0 aliphatic carbocycles. The van der Waals surface area contributed by atoms with Gasteiger partial charge in [-0.05, 0) is 36.0 Å². The molecular weight excluding hydrogens is 256 g/mol. The highest BCUT2D eigenvalue weighted by Gasteiger charge is 2.06. The monoisotopic (exact) mass is 278 g/mol. The molecule has 0 bridgehead atoms. The van der Waals surface area contributed by atoms with Gasteiger partial charge in [-0.1, -0.05) is 55.0 Å². The van der Waals surface area contributed by atoms with Crippen molar-refractivity contribution in [1.82, 2.24) is 9.88 Å². The lowest BCUT2D eigenvalue weighted by Crippen LogP contribution is -2.13. The molecule has 2 aromatic carbocycles. The Kier molecular flexibility index (Phi) is 4.07. The molecule has 21 heavy (non-hydrogen) atoms. The first-order chi connectivity index (χ1) is 10.3. The summed E-state index contributed by atoms with van der Waals surface area (Å²) < 4.78 is 2.35. The third-order valence-corrected chi connectivity index (χ3v) is 3.91. The minimum atomic E-state index is 0.922. The van der Waals surface area contributed by atoms with E-state index in [-0.39, 0.29) is 0 Å². The second-order valence-corrected chi connectivity index (χ2v) is 5.56. The molecule has 1 heterocycles. The SMILES string of the molecule is CCNCc1cccc2ccn(Cc3ccc(C)cc3)c12. The molecule has 0 amide bonds. The van der Waals surface area contributed by atoms with Crippen molar-refractivity contribution in [2.45, 2.75) is 26.9 Å². The highest BCUT2D eigenvalue weighted by molar-refractivity contribution is 5.83. The highest BCUT2D eigenvalue weighted by Crippen LogP contribution is 2.21. The van der Waals surface area contributed by atoms with E-state index < -0.39 is 0 Å². The summed E-state index contributed by atoms with van der Waals surface area (Å²) in [5.41, 5.74) is 5.37.